The van der Waals surface area contributed by atoms with Crippen LogP contribution >= 0.6 is 0 Å². The minimum Gasteiger partial charge on any atom is -0.497 e. The number of benzene rings is 1. The fourth-order valence-corrected chi connectivity index (χ4v) is 1.84. The molecule has 1 aromatic carbocycles. The first kappa shape index (κ1) is 14.2. The van der Waals surface area contributed by atoms with Gasteiger partial charge in [0.25, 0.3) is 0 Å². The van der Waals surface area contributed by atoms with Crippen molar-refractivity contribution in [3.63, 3.8) is 0 Å². The highest BCUT2D eigenvalue weighted by Gasteiger charge is 2.03. The number of pyridine rings is 1. The molecule has 0 fully saturated rings. The van der Waals surface area contributed by atoms with Crippen LogP contribution in [-0.4, -0.2) is 27.8 Å². The maximum absolute atomic E-state index is 5.70. The number of hydrogen-bond acceptors (Lipinski definition) is 3. The van der Waals surface area contributed by atoms with E-state index in [9.17, 15) is 0 Å². The van der Waals surface area contributed by atoms with Gasteiger partial charge in [-0.2, -0.15) is 0 Å². The maximum Gasteiger partial charge on any atom is 0.182 e. The number of rotatable bonds is 6. The third-order valence-corrected chi connectivity index (χ3v) is 3.07. The van der Waals surface area contributed by atoms with Crippen LogP contribution in [0.25, 0.3) is 0 Å². The van der Waals surface area contributed by atoms with Crippen LogP contribution in [0.5, 0.6) is 11.5 Å². The molecule has 0 bridgehead atoms. The van der Waals surface area contributed by atoms with E-state index >= 15 is 0 Å². The summed E-state index contributed by atoms with van der Waals surface area (Å²) >= 11 is 0. The third-order valence-electron chi connectivity index (χ3n) is 3.07. The topological polar surface area (TPSA) is 25.6 Å². The zero-order valence-corrected chi connectivity index (χ0v) is 12.2. The van der Waals surface area contributed by atoms with E-state index in [2.05, 4.69) is 34.0 Å². The molecule has 1 aromatic heterocycles. The second kappa shape index (κ2) is 6.80. The lowest BCUT2D eigenvalue weighted by Gasteiger charge is -2.10. The van der Waals surface area contributed by atoms with Crippen molar-refractivity contribution in [2.45, 2.75) is 6.54 Å². The maximum atomic E-state index is 5.70. The predicted octanol–water partition coefficient (Wildman–Crippen LogP) is 2.13. The standard InChI is InChI=1S/C16H21N2O2/c1-17(2)14-8-10-18(11-9-14)12-13-20-16-6-4-15(19-3)5-7-16/h4-11H,12-13H2,1-3H3/q+1. The van der Waals surface area contributed by atoms with E-state index in [-0.39, 0.29) is 0 Å². The van der Waals surface area contributed by atoms with Crippen molar-refractivity contribution in [3.8, 4) is 11.5 Å². The normalized spacial score (nSPS) is 10.2. The molecule has 2 aromatic rings. The van der Waals surface area contributed by atoms with Crippen molar-refractivity contribution in [1.82, 2.24) is 0 Å². The van der Waals surface area contributed by atoms with Crippen LogP contribution in [0.3, 0.4) is 0 Å². The lowest BCUT2D eigenvalue weighted by Crippen LogP contribution is -2.35. The number of nitrogens with zero attached hydrogens (tertiary/aromatic N) is 2. The lowest BCUT2D eigenvalue weighted by molar-refractivity contribution is -0.697. The van der Waals surface area contributed by atoms with Crippen molar-refractivity contribution in [1.29, 1.82) is 0 Å². The Labute approximate surface area is 120 Å². The number of ether oxygens (including phenoxy) is 2. The molecule has 0 aliphatic heterocycles. The zero-order valence-electron chi connectivity index (χ0n) is 12.2. The van der Waals surface area contributed by atoms with Gasteiger partial charge in [0.1, 0.15) is 18.1 Å². The minimum absolute atomic E-state index is 0.637. The molecule has 1 heterocycles. The first-order valence-corrected chi connectivity index (χ1v) is 6.62. The van der Waals surface area contributed by atoms with Gasteiger partial charge in [-0.3, -0.25) is 0 Å². The molecule has 0 spiro atoms. The molecule has 2 rings (SSSR count). The van der Waals surface area contributed by atoms with Gasteiger partial charge >= 0.3 is 0 Å². The van der Waals surface area contributed by atoms with Gasteiger partial charge in [-0.25, -0.2) is 4.57 Å². The van der Waals surface area contributed by atoms with Gasteiger partial charge in [-0.05, 0) is 24.3 Å². The van der Waals surface area contributed by atoms with Crippen LogP contribution in [0.1, 0.15) is 0 Å². The predicted molar refractivity (Wildman–Crippen MR) is 79.5 cm³/mol. The quantitative estimate of drug-likeness (QED) is 0.754. The summed E-state index contributed by atoms with van der Waals surface area (Å²) in [6, 6.07) is 11.8. The summed E-state index contributed by atoms with van der Waals surface area (Å²) in [5, 5.41) is 0. The van der Waals surface area contributed by atoms with Crippen LogP contribution in [0.4, 0.5) is 5.69 Å². The minimum atomic E-state index is 0.637. The second-order valence-corrected chi connectivity index (χ2v) is 4.71. The summed E-state index contributed by atoms with van der Waals surface area (Å²) in [7, 11) is 5.73. The Morgan fingerprint density at radius 1 is 0.950 bits per heavy atom. The number of methoxy groups -OCH3 is 1. The van der Waals surface area contributed by atoms with Crippen molar-refractivity contribution < 1.29 is 14.0 Å². The molecular weight excluding hydrogens is 252 g/mol. The van der Waals surface area contributed by atoms with Crippen molar-refractivity contribution in [2.75, 3.05) is 32.7 Å². The highest BCUT2D eigenvalue weighted by atomic mass is 16.5. The van der Waals surface area contributed by atoms with E-state index in [1.54, 1.807) is 7.11 Å². The Bertz CT molecular complexity index is 521. The molecule has 4 nitrogen and oxygen atoms in total. The summed E-state index contributed by atoms with van der Waals surface area (Å²) in [4.78, 5) is 2.08. The Kier molecular flexibility index (Phi) is 4.82. The van der Waals surface area contributed by atoms with E-state index < -0.39 is 0 Å². The lowest BCUT2D eigenvalue weighted by atomic mass is 10.3. The Balaban J connectivity index is 1.82. The summed E-state index contributed by atoms with van der Waals surface area (Å²) in [5.74, 6) is 1.70. The fourth-order valence-electron chi connectivity index (χ4n) is 1.84. The zero-order chi connectivity index (χ0) is 14.4. The van der Waals surface area contributed by atoms with Crippen LogP contribution < -0.4 is 18.9 Å². The summed E-state index contributed by atoms with van der Waals surface area (Å²) in [6.07, 6.45) is 4.12. The highest BCUT2D eigenvalue weighted by molar-refractivity contribution is 5.41. The smallest absolute Gasteiger partial charge is 0.182 e. The van der Waals surface area contributed by atoms with Crippen LogP contribution in [0, 0.1) is 0 Å². The SMILES string of the molecule is COc1ccc(OCC[n+]2ccc(N(C)C)cc2)cc1. The molecule has 4 heteroatoms. The average Bonchev–Trinajstić information content (AvgIpc) is 2.48. The summed E-state index contributed by atoms with van der Waals surface area (Å²) < 4.78 is 12.9. The van der Waals surface area contributed by atoms with Gasteiger partial charge in [-0.1, -0.05) is 0 Å². The first-order chi connectivity index (χ1) is 9.69. The molecule has 106 valence electrons. The van der Waals surface area contributed by atoms with Gasteiger partial charge in [0.2, 0.25) is 0 Å². The molecule has 0 aliphatic rings. The molecule has 0 saturated carbocycles. The molecular formula is C16H21N2O2+. The molecule has 0 unspecified atom stereocenters. The molecule has 0 saturated heterocycles. The highest BCUT2D eigenvalue weighted by Crippen LogP contribution is 2.16. The molecule has 0 radical (unpaired) electrons. The first-order valence-electron chi connectivity index (χ1n) is 6.62. The van der Waals surface area contributed by atoms with Gasteiger partial charge < -0.3 is 14.4 Å². The Hall–Kier alpha value is -2.23. The monoisotopic (exact) mass is 273 g/mol. The third kappa shape index (κ3) is 3.88. The van der Waals surface area contributed by atoms with Gasteiger partial charge in [0.15, 0.2) is 18.9 Å². The van der Waals surface area contributed by atoms with E-state index in [0.29, 0.717) is 6.61 Å². The Morgan fingerprint density at radius 2 is 1.55 bits per heavy atom. The molecule has 0 N–H and O–H groups in total. The van der Waals surface area contributed by atoms with E-state index in [0.717, 1.165) is 18.0 Å². The van der Waals surface area contributed by atoms with Crippen LogP contribution in [0.15, 0.2) is 48.8 Å². The molecule has 0 amide bonds. The fraction of sp³-hybridized carbons (Fsp3) is 0.312. The molecule has 20 heavy (non-hydrogen) atoms. The van der Waals surface area contributed by atoms with Crippen molar-refractivity contribution in [3.05, 3.63) is 48.8 Å². The van der Waals surface area contributed by atoms with E-state index in [4.69, 9.17) is 9.47 Å². The molecule has 0 aliphatic carbocycles. The summed E-state index contributed by atoms with van der Waals surface area (Å²) in [5.41, 5.74) is 1.19. The molecule has 0 atom stereocenters. The van der Waals surface area contributed by atoms with Crippen LogP contribution in [-0.2, 0) is 6.54 Å². The van der Waals surface area contributed by atoms with Crippen LogP contribution in [0.2, 0.25) is 0 Å². The second-order valence-electron chi connectivity index (χ2n) is 4.71. The van der Waals surface area contributed by atoms with Gasteiger partial charge in [-0.15, -0.1) is 0 Å². The average molecular weight is 273 g/mol. The van der Waals surface area contributed by atoms with E-state index in [1.807, 2.05) is 38.4 Å². The largest absolute Gasteiger partial charge is 0.497 e. The number of aromatic nitrogens is 1. The number of hydrogen-bond donors (Lipinski definition) is 0. The van der Waals surface area contributed by atoms with E-state index in [1.165, 1.54) is 5.69 Å². The van der Waals surface area contributed by atoms with Crippen molar-refractivity contribution >= 4 is 5.69 Å². The Morgan fingerprint density at radius 3 is 2.10 bits per heavy atom. The number of anilines is 1. The summed E-state index contributed by atoms with van der Waals surface area (Å²) in [6.45, 7) is 1.46. The van der Waals surface area contributed by atoms with Crippen molar-refractivity contribution in [2.24, 2.45) is 0 Å². The van der Waals surface area contributed by atoms with Gasteiger partial charge in [0, 0.05) is 31.9 Å². The van der Waals surface area contributed by atoms with Gasteiger partial charge in [0.05, 0.1) is 7.11 Å².